The van der Waals surface area contributed by atoms with Gasteiger partial charge >= 0.3 is 6.09 Å². The van der Waals surface area contributed by atoms with E-state index >= 15 is 0 Å². The van der Waals surface area contributed by atoms with Crippen LogP contribution in [0.25, 0.3) is 0 Å². The first-order valence-electron chi connectivity index (χ1n) is 5.07. The number of amides is 1. The Kier molecular flexibility index (Phi) is 3.42. The molecule has 0 aromatic heterocycles. The molecule has 0 aliphatic heterocycles. The highest BCUT2D eigenvalue weighted by Crippen LogP contribution is 2.20. The molecule has 4 heteroatoms. The quantitative estimate of drug-likeness (QED) is 0.719. The van der Waals surface area contributed by atoms with Crippen LogP contribution in [0.3, 0.4) is 0 Å². The number of phenols is 1. The average Bonchev–Trinajstić information content (AvgIpc) is 2.06. The second-order valence-corrected chi connectivity index (χ2v) is 4.63. The number of phenolic OH excluding ortho intramolecular Hbond substituents is 1. The minimum atomic E-state index is -0.519. The van der Waals surface area contributed by atoms with Gasteiger partial charge in [-0.3, -0.25) is 5.32 Å². The summed E-state index contributed by atoms with van der Waals surface area (Å²) in [5, 5.41) is 11.8. The Balaban J connectivity index is 2.70. The van der Waals surface area contributed by atoms with Crippen LogP contribution >= 0.6 is 0 Å². The van der Waals surface area contributed by atoms with Gasteiger partial charge in [-0.15, -0.1) is 0 Å². The fraction of sp³-hybridized carbons (Fsp3) is 0.417. The Bertz CT molecular complexity index is 394. The maximum Gasteiger partial charge on any atom is 0.412 e. The Labute approximate surface area is 95.2 Å². The number of ether oxygens (including phenoxy) is 1. The van der Waals surface area contributed by atoms with Crippen molar-refractivity contribution in [2.24, 2.45) is 0 Å². The van der Waals surface area contributed by atoms with Crippen LogP contribution in [0.1, 0.15) is 26.3 Å². The summed E-state index contributed by atoms with van der Waals surface area (Å²) in [6.45, 7) is 7.20. The number of carbonyl (C=O) groups is 1. The fourth-order valence-corrected chi connectivity index (χ4v) is 1.20. The maximum atomic E-state index is 11.5. The van der Waals surface area contributed by atoms with Crippen molar-refractivity contribution in [3.05, 3.63) is 23.8 Å². The number of nitrogens with one attached hydrogen (secondary N) is 1. The number of benzene rings is 1. The molecule has 0 aliphatic rings. The van der Waals surface area contributed by atoms with E-state index in [0.29, 0.717) is 5.69 Å². The van der Waals surface area contributed by atoms with Crippen LogP contribution in [0, 0.1) is 6.92 Å². The molecule has 1 rings (SSSR count). The molecule has 0 fully saturated rings. The SMILES string of the molecule is Cc1cc(O)ccc1NC(=O)OC(C)(C)C. The first kappa shape index (κ1) is 12.4. The second-order valence-electron chi connectivity index (χ2n) is 4.63. The van der Waals surface area contributed by atoms with Crippen molar-refractivity contribution in [1.29, 1.82) is 0 Å². The normalized spacial score (nSPS) is 11.0. The highest BCUT2D eigenvalue weighted by Gasteiger charge is 2.16. The van der Waals surface area contributed by atoms with Gasteiger partial charge in [-0.2, -0.15) is 0 Å². The number of carbonyl (C=O) groups excluding carboxylic acids is 1. The van der Waals surface area contributed by atoms with Gasteiger partial charge in [-0.1, -0.05) is 0 Å². The van der Waals surface area contributed by atoms with Crippen LogP contribution in [-0.4, -0.2) is 16.8 Å². The zero-order chi connectivity index (χ0) is 12.3. The fourth-order valence-electron chi connectivity index (χ4n) is 1.20. The van der Waals surface area contributed by atoms with Gasteiger partial charge in [-0.25, -0.2) is 4.79 Å². The zero-order valence-corrected chi connectivity index (χ0v) is 10.00. The van der Waals surface area contributed by atoms with E-state index in [1.54, 1.807) is 39.8 Å². The molecule has 0 aliphatic carbocycles. The molecule has 1 amide bonds. The van der Waals surface area contributed by atoms with Gasteiger partial charge in [0.1, 0.15) is 11.4 Å². The Morgan fingerprint density at radius 1 is 1.38 bits per heavy atom. The van der Waals surface area contributed by atoms with Crippen LogP contribution in [0.2, 0.25) is 0 Å². The molecule has 1 aromatic rings. The molecular formula is C12H17NO3. The first-order chi connectivity index (χ1) is 7.28. The molecule has 0 radical (unpaired) electrons. The molecule has 1 aromatic carbocycles. The molecule has 0 heterocycles. The third-order valence-corrected chi connectivity index (χ3v) is 1.85. The highest BCUT2D eigenvalue weighted by atomic mass is 16.6. The van der Waals surface area contributed by atoms with Crippen LogP contribution < -0.4 is 5.32 Å². The molecule has 16 heavy (non-hydrogen) atoms. The van der Waals surface area contributed by atoms with Gasteiger partial charge in [0.2, 0.25) is 0 Å². The summed E-state index contributed by atoms with van der Waals surface area (Å²) in [6.07, 6.45) is -0.499. The molecule has 0 spiro atoms. The second kappa shape index (κ2) is 4.43. The van der Waals surface area contributed by atoms with E-state index in [1.165, 1.54) is 6.07 Å². The number of aryl methyl sites for hydroxylation is 1. The van der Waals surface area contributed by atoms with E-state index < -0.39 is 11.7 Å². The lowest BCUT2D eigenvalue weighted by Gasteiger charge is -2.20. The largest absolute Gasteiger partial charge is 0.508 e. The average molecular weight is 223 g/mol. The van der Waals surface area contributed by atoms with Gasteiger partial charge in [0.15, 0.2) is 0 Å². The van der Waals surface area contributed by atoms with Crippen molar-refractivity contribution in [1.82, 2.24) is 0 Å². The predicted molar refractivity (Wildman–Crippen MR) is 62.7 cm³/mol. The number of hydrogen-bond acceptors (Lipinski definition) is 3. The van der Waals surface area contributed by atoms with E-state index in [2.05, 4.69) is 5.32 Å². The lowest BCUT2D eigenvalue weighted by molar-refractivity contribution is 0.0636. The lowest BCUT2D eigenvalue weighted by Crippen LogP contribution is -2.27. The summed E-state index contributed by atoms with van der Waals surface area (Å²) < 4.78 is 5.11. The molecule has 88 valence electrons. The maximum absolute atomic E-state index is 11.5. The number of anilines is 1. The van der Waals surface area contributed by atoms with E-state index in [1.807, 2.05) is 0 Å². The predicted octanol–water partition coefficient (Wildman–Crippen LogP) is 3.05. The van der Waals surface area contributed by atoms with Gasteiger partial charge in [0.25, 0.3) is 0 Å². The number of hydrogen-bond donors (Lipinski definition) is 2. The Morgan fingerprint density at radius 2 is 2.00 bits per heavy atom. The van der Waals surface area contributed by atoms with Gasteiger partial charge in [0.05, 0.1) is 0 Å². The van der Waals surface area contributed by atoms with Crippen molar-refractivity contribution in [2.75, 3.05) is 5.32 Å². The van der Waals surface area contributed by atoms with E-state index in [0.717, 1.165) is 5.56 Å². The van der Waals surface area contributed by atoms with Crippen LogP contribution in [0.4, 0.5) is 10.5 Å². The smallest absolute Gasteiger partial charge is 0.412 e. The Hall–Kier alpha value is -1.71. The van der Waals surface area contributed by atoms with Gasteiger partial charge < -0.3 is 9.84 Å². The van der Waals surface area contributed by atoms with E-state index in [-0.39, 0.29) is 5.75 Å². The highest BCUT2D eigenvalue weighted by molar-refractivity contribution is 5.86. The Morgan fingerprint density at radius 3 is 2.50 bits per heavy atom. The van der Waals surface area contributed by atoms with Crippen molar-refractivity contribution in [2.45, 2.75) is 33.3 Å². The molecule has 4 nitrogen and oxygen atoms in total. The number of rotatable bonds is 1. The molecular weight excluding hydrogens is 206 g/mol. The van der Waals surface area contributed by atoms with Crippen molar-refractivity contribution in [3.63, 3.8) is 0 Å². The monoisotopic (exact) mass is 223 g/mol. The minimum Gasteiger partial charge on any atom is -0.508 e. The van der Waals surface area contributed by atoms with Crippen LogP contribution in [0.15, 0.2) is 18.2 Å². The standard InChI is InChI=1S/C12H17NO3/c1-8-7-9(14)5-6-10(8)13-11(15)16-12(2,3)4/h5-7,14H,1-4H3,(H,13,15). The molecule has 0 unspecified atom stereocenters. The molecule has 0 saturated heterocycles. The third-order valence-electron chi connectivity index (χ3n) is 1.85. The molecule has 2 N–H and O–H groups in total. The van der Waals surface area contributed by atoms with Crippen molar-refractivity contribution in [3.8, 4) is 5.75 Å². The van der Waals surface area contributed by atoms with Gasteiger partial charge in [0, 0.05) is 5.69 Å². The number of aromatic hydroxyl groups is 1. The minimum absolute atomic E-state index is 0.173. The van der Waals surface area contributed by atoms with Gasteiger partial charge in [-0.05, 0) is 51.5 Å². The molecule has 0 saturated carbocycles. The summed E-state index contributed by atoms with van der Waals surface area (Å²) in [5.74, 6) is 0.173. The molecule has 0 atom stereocenters. The lowest BCUT2D eigenvalue weighted by atomic mass is 10.2. The van der Waals surface area contributed by atoms with Crippen LogP contribution in [0.5, 0.6) is 5.75 Å². The van der Waals surface area contributed by atoms with Crippen LogP contribution in [-0.2, 0) is 4.74 Å². The summed E-state index contributed by atoms with van der Waals surface area (Å²) in [5.41, 5.74) is 0.896. The van der Waals surface area contributed by atoms with E-state index in [4.69, 9.17) is 4.74 Å². The summed E-state index contributed by atoms with van der Waals surface area (Å²) in [7, 11) is 0. The van der Waals surface area contributed by atoms with Crippen molar-refractivity contribution >= 4 is 11.8 Å². The summed E-state index contributed by atoms with van der Waals surface area (Å²) in [4.78, 5) is 11.5. The summed E-state index contributed by atoms with van der Waals surface area (Å²) in [6, 6.07) is 4.72. The topological polar surface area (TPSA) is 58.6 Å². The third kappa shape index (κ3) is 3.81. The van der Waals surface area contributed by atoms with Crippen molar-refractivity contribution < 1.29 is 14.6 Å². The first-order valence-corrected chi connectivity index (χ1v) is 5.07. The summed E-state index contributed by atoms with van der Waals surface area (Å²) >= 11 is 0. The zero-order valence-electron chi connectivity index (χ0n) is 10.00. The van der Waals surface area contributed by atoms with E-state index in [9.17, 15) is 9.90 Å². The molecule has 0 bridgehead atoms.